The SMILES string of the molecule is CC(C)NC(C#N)(CSc1ncccc1Br)C1CC1. The molecule has 0 spiro atoms. The number of rotatable bonds is 6. The number of hydrogen-bond acceptors (Lipinski definition) is 4. The van der Waals surface area contributed by atoms with Gasteiger partial charge in [-0.15, -0.1) is 11.8 Å². The molecule has 1 aliphatic carbocycles. The molecule has 1 heterocycles. The van der Waals surface area contributed by atoms with Crippen molar-refractivity contribution < 1.29 is 0 Å². The van der Waals surface area contributed by atoms with E-state index in [0.717, 1.165) is 28.1 Å². The first-order valence-electron chi connectivity index (χ1n) is 6.49. The van der Waals surface area contributed by atoms with Gasteiger partial charge in [-0.25, -0.2) is 4.98 Å². The maximum Gasteiger partial charge on any atom is 0.119 e. The van der Waals surface area contributed by atoms with Gasteiger partial charge in [0.15, 0.2) is 0 Å². The summed E-state index contributed by atoms with van der Waals surface area (Å²) in [7, 11) is 0. The first-order valence-corrected chi connectivity index (χ1v) is 8.27. The van der Waals surface area contributed by atoms with Crippen molar-refractivity contribution in [2.45, 2.75) is 43.3 Å². The van der Waals surface area contributed by atoms with Crippen LogP contribution in [0, 0.1) is 17.2 Å². The third kappa shape index (κ3) is 3.71. The van der Waals surface area contributed by atoms with Crippen LogP contribution in [0.15, 0.2) is 27.8 Å². The summed E-state index contributed by atoms with van der Waals surface area (Å²) in [5.41, 5.74) is -0.421. The van der Waals surface area contributed by atoms with Gasteiger partial charge < -0.3 is 0 Å². The molecule has 1 N–H and O–H groups in total. The highest BCUT2D eigenvalue weighted by Crippen LogP contribution is 2.42. The van der Waals surface area contributed by atoms with Crippen LogP contribution in [0.2, 0.25) is 0 Å². The fraction of sp³-hybridized carbons (Fsp3) is 0.571. The Morgan fingerprint density at radius 1 is 1.63 bits per heavy atom. The molecule has 102 valence electrons. The normalized spacial score (nSPS) is 18.1. The van der Waals surface area contributed by atoms with Gasteiger partial charge in [0.1, 0.15) is 10.6 Å². The second-order valence-electron chi connectivity index (χ2n) is 5.24. The standard InChI is InChI=1S/C14H18BrN3S/c1-10(2)18-14(8-16,11-5-6-11)9-19-13-12(15)4-3-7-17-13/h3-4,7,10-11,18H,5-6,9H2,1-2H3. The lowest BCUT2D eigenvalue weighted by Crippen LogP contribution is -2.51. The number of hydrogen-bond donors (Lipinski definition) is 1. The predicted octanol–water partition coefficient (Wildman–Crippen LogP) is 3.61. The van der Waals surface area contributed by atoms with Gasteiger partial charge >= 0.3 is 0 Å². The fourth-order valence-electron chi connectivity index (χ4n) is 2.18. The molecule has 3 nitrogen and oxygen atoms in total. The van der Waals surface area contributed by atoms with E-state index < -0.39 is 5.54 Å². The molecule has 1 atom stereocenters. The molecule has 0 aliphatic heterocycles. The maximum absolute atomic E-state index is 9.63. The molecule has 1 aromatic heterocycles. The van der Waals surface area contributed by atoms with Crippen LogP contribution in [0.5, 0.6) is 0 Å². The Morgan fingerprint density at radius 3 is 2.89 bits per heavy atom. The van der Waals surface area contributed by atoms with E-state index in [9.17, 15) is 5.26 Å². The molecule has 0 aromatic carbocycles. The molecule has 5 heteroatoms. The molecule has 1 saturated carbocycles. The van der Waals surface area contributed by atoms with Crippen molar-refractivity contribution in [1.29, 1.82) is 5.26 Å². The summed E-state index contributed by atoms with van der Waals surface area (Å²) in [5, 5.41) is 14.0. The topological polar surface area (TPSA) is 48.7 Å². The number of pyridine rings is 1. The molecule has 1 aliphatic rings. The van der Waals surface area contributed by atoms with Crippen molar-refractivity contribution in [3.05, 3.63) is 22.8 Å². The van der Waals surface area contributed by atoms with Gasteiger partial charge in [0.05, 0.1) is 6.07 Å². The minimum atomic E-state index is -0.421. The summed E-state index contributed by atoms with van der Waals surface area (Å²) >= 11 is 5.15. The maximum atomic E-state index is 9.63. The Morgan fingerprint density at radius 2 is 2.37 bits per heavy atom. The number of aromatic nitrogens is 1. The lowest BCUT2D eigenvalue weighted by atomic mass is 9.96. The molecule has 0 bridgehead atoms. The third-order valence-corrected chi connectivity index (χ3v) is 5.28. The lowest BCUT2D eigenvalue weighted by Gasteiger charge is -2.30. The molecule has 1 fully saturated rings. The average molecular weight is 340 g/mol. The van der Waals surface area contributed by atoms with E-state index in [1.807, 2.05) is 12.1 Å². The van der Waals surface area contributed by atoms with Crippen LogP contribution in [0.4, 0.5) is 0 Å². The summed E-state index contributed by atoms with van der Waals surface area (Å²) in [6.45, 7) is 4.19. The summed E-state index contributed by atoms with van der Waals surface area (Å²) in [6, 6.07) is 6.72. The Labute approximate surface area is 127 Å². The second kappa shape index (κ2) is 6.25. The predicted molar refractivity (Wildman–Crippen MR) is 82.0 cm³/mol. The van der Waals surface area contributed by atoms with Gasteiger partial charge in [-0.1, -0.05) is 0 Å². The highest BCUT2D eigenvalue weighted by molar-refractivity contribution is 9.10. The lowest BCUT2D eigenvalue weighted by molar-refractivity contribution is 0.370. The van der Waals surface area contributed by atoms with E-state index in [1.54, 1.807) is 18.0 Å². The second-order valence-corrected chi connectivity index (χ2v) is 7.05. The van der Waals surface area contributed by atoms with Gasteiger partial charge in [-0.2, -0.15) is 5.26 Å². The largest absolute Gasteiger partial charge is 0.296 e. The van der Waals surface area contributed by atoms with Crippen molar-refractivity contribution in [3.63, 3.8) is 0 Å². The zero-order valence-electron chi connectivity index (χ0n) is 11.2. The van der Waals surface area contributed by atoms with Gasteiger partial charge in [-0.05, 0) is 60.7 Å². The molecule has 1 unspecified atom stereocenters. The Balaban J connectivity index is 2.09. The van der Waals surface area contributed by atoms with Crippen LogP contribution in [-0.4, -0.2) is 22.3 Å². The molecule has 1 aromatic rings. The van der Waals surface area contributed by atoms with E-state index in [1.165, 1.54) is 0 Å². The van der Waals surface area contributed by atoms with Gasteiger partial charge in [0, 0.05) is 22.5 Å². The summed E-state index contributed by atoms with van der Waals surface area (Å²) in [4.78, 5) is 4.35. The molecule has 0 radical (unpaired) electrons. The molecule has 0 saturated heterocycles. The van der Waals surface area contributed by atoms with E-state index >= 15 is 0 Å². The van der Waals surface area contributed by atoms with Crippen molar-refractivity contribution in [3.8, 4) is 6.07 Å². The Bertz CT molecular complexity index is 482. The molecule has 2 rings (SSSR count). The minimum Gasteiger partial charge on any atom is -0.296 e. The minimum absolute atomic E-state index is 0.313. The molecular formula is C14H18BrN3S. The number of nitrogens with zero attached hydrogens (tertiary/aromatic N) is 2. The smallest absolute Gasteiger partial charge is 0.119 e. The Hall–Kier alpha value is -0.570. The van der Waals surface area contributed by atoms with E-state index in [2.05, 4.69) is 46.1 Å². The van der Waals surface area contributed by atoms with Crippen LogP contribution in [0.25, 0.3) is 0 Å². The molecule has 0 amide bonds. The number of nitrogens with one attached hydrogen (secondary N) is 1. The van der Waals surface area contributed by atoms with Crippen LogP contribution in [0.3, 0.4) is 0 Å². The highest BCUT2D eigenvalue weighted by atomic mass is 79.9. The van der Waals surface area contributed by atoms with E-state index in [0.29, 0.717) is 12.0 Å². The fourth-order valence-corrected chi connectivity index (χ4v) is 3.87. The van der Waals surface area contributed by atoms with Crippen LogP contribution in [-0.2, 0) is 0 Å². The third-order valence-electron chi connectivity index (χ3n) is 3.18. The van der Waals surface area contributed by atoms with Gasteiger partial charge in [0.25, 0.3) is 0 Å². The monoisotopic (exact) mass is 339 g/mol. The van der Waals surface area contributed by atoms with Crippen LogP contribution >= 0.6 is 27.7 Å². The van der Waals surface area contributed by atoms with Crippen molar-refractivity contribution in [1.82, 2.24) is 10.3 Å². The molecule has 19 heavy (non-hydrogen) atoms. The number of halogens is 1. The van der Waals surface area contributed by atoms with Crippen molar-refractivity contribution in [2.75, 3.05) is 5.75 Å². The summed E-state index contributed by atoms with van der Waals surface area (Å²) in [6.07, 6.45) is 4.09. The first kappa shape index (κ1) is 14.8. The zero-order chi connectivity index (χ0) is 13.9. The number of nitriles is 1. The van der Waals surface area contributed by atoms with Crippen molar-refractivity contribution in [2.24, 2.45) is 5.92 Å². The van der Waals surface area contributed by atoms with Gasteiger partial charge in [-0.3, -0.25) is 5.32 Å². The van der Waals surface area contributed by atoms with Crippen LogP contribution < -0.4 is 5.32 Å². The summed E-state index contributed by atoms with van der Waals surface area (Å²) in [5.74, 6) is 1.22. The first-order chi connectivity index (χ1) is 9.07. The Kier molecular flexibility index (Phi) is 4.88. The summed E-state index contributed by atoms with van der Waals surface area (Å²) < 4.78 is 0.993. The highest BCUT2D eigenvalue weighted by Gasteiger charge is 2.46. The van der Waals surface area contributed by atoms with E-state index in [4.69, 9.17) is 0 Å². The van der Waals surface area contributed by atoms with Crippen LogP contribution in [0.1, 0.15) is 26.7 Å². The molecular weight excluding hydrogens is 322 g/mol. The van der Waals surface area contributed by atoms with Crippen molar-refractivity contribution >= 4 is 27.7 Å². The average Bonchev–Trinajstić information content (AvgIpc) is 3.20. The van der Waals surface area contributed by atoms with E-state index in [-0.39, 0.29) is 0 Å². The quantitative estimate of drug-likeness (QED) is 0.804. The zero-order valence-corrected chi connectivity index (χ0v) is 13.6. The number of thioether (sulfide) groups is 1. The van der Waals surface area contributed by atoms with Gasteiger partial charge in [0.2, 0.25) is 0 Å².